The van der Waals surface area contributed by atoms with Crippen molar-refractivity contribution in [3.05, 3.63) is 29.3 Å². The number of rotatable bonds is 4. The van der Waals surface area contributed by atoms with Gasteiger partial charge in [0.25, 0.3) is 0 Å². The van der Waals surface area contributed by atoms with Crippen molar-refractivity contribution in [1.29, 1.82) is 0 Å². The van der Waals surface area contributed by atoms with Crippen molar-refractivity contribution >= 4 is 9.84 Å². The van der Waals surface area contributed by atoms with Gasteiger partial charge >= 0.3 is 0 Å². The molecular weight excluding hydrogens is 262 g/mol. The Morgan fingerprint density at radius 1 is 1.42 bits per heavy atom. The van der Waals surface area contributed by atoms with Crippen molar-refractivity contribution in [2.45, 2.75) is 25.9 Å². The minimum absolute atomic E-state index is 0.121. The van der Waals surface area contributed by atoms with Gasteiger partial charge in [-0.1, -0.05) is 17.7 Å². The molecule has 1 saturated heterocycles. The third-order valence-electron chi connectivity index (χ3n) is 3.69. The standard InChI is InChI=1S/C14H21NO3S/c1-11-4-5-14(18-3)12(8-11)9-15(2)13-6-7-19(16,17)10-13/h4-5,8,13H,6-7,9-10H2,1-3H3/t13-/m0/s1. The number of methoxy groups -OCH3 is 1. The van der Waals surface area contributed by atoms with Gasteiger partial charge in [0.05, 0.1) is 18.6 Å². The van der Waals surface area contributed by atoms with E-state index in [4.69, 9.17) is 4.74 Å². The number of sulfone groups is 1. The van der Waals surface area contributed by atoms with E-state index < -0.39 is 9.84 Å². The first-order chi connectivity index (χ1) is 8.91. The second-order valence-electron chi connectivity index (χ2n) is 5.29. The third kappa shape index (κ3) is 3.48. The Morgan fingerprint density at radius 3 is 2.74 bits per heavy atom. The molecule has 1 aliphatic rings. The molecule has 0 unspecified atom stereocenters. The lowest BCUT2D eigenvalue weighted by Crippen LogP contribution is -2.32. The first kappa shape index (κ1) is 14.3. The highest BCUT2D eigenvalue weighted by atomic mass is 32.2. The quantitative estimate of drug-likeness (QED) is 0.842. The summed E-state index contributed by atoms with van der Waals surface area (Å²) in [7, 11) is 0.811. The van der Waals surface area contributed by atoms with Crippen LogP contribution in [0.1, 0.15) is 17.5 Å². The highest BCUT2D eigenvalue weighted by Gasteiger charge is 2.30. The molecule has 1 atom stereocenters. The van der Waals surface area contributed by atoms with E-state index >= 15 is 0 Å². The van der Waals surface area contributed by atoms with Crippen molar-refractivity contribution in [3.63, 3.8) is 0 Å². The minimum Gasteiger partial charge on any atom is -0.496 e. The zero-order valence-electron chi connectivity index (χ0n) is 11.7. The van der Waals surface area contributed by atoms with E-state index in [1.165, 1.54) is 5.56 Å². The molecule has 0 radical (unpaired) electrons. The summed E-state index contributed by atoms with van der Waals surface area (Å²) in [5, 5.41) is 0. The topological polar surface area (TPSA) is 46.6 Å². The molecule has 1 aromatic carbocycles. The lowest BCUT2D eigenvalue weighted by atomic mass is 10.1. The maximum absolute atomic E-state index is 11.5. The zero-order valence-corrected chi connectivity index (χ0v) is 12.5. The fraction of sp³-hybridized carbons (Fsp3) is 0.571. The van der Waals surface area contributed by atoms with Gasteiger partial charge in [0.1, 0.15) is 5.75 Å². The molecule has 0 aliphatic carbocycles. The smallest absolute Gasteiger partial charge is 0.151 e. The van der Waals surface area contributed by atoms with Crippen LogP contribution in [0, 0.1) is 6.92 Å². The van der Waals surface area contributed by atoms with Crippen LogP contribution in [0.5, 0.6) is 5.75 Å². The van der Waals surface area contributed by atoms with Crippen LogP contribution in [-0.4, -0.2) is 45.0 Å². The molecule has 0 spiro atoms. The van der Waals surface area contributed by atoms with E-state index in [0.29, 0.717) is 12.3 Å². The fourth-order valence-corrected chi connectivity index (χ4v) is 4.36. The van der Waals surface area contributed by atoms with E-state index in [0.717, 1.165) is 17.7 Å². The largest absolute Gasteiger partial charge is 0.496 e. The first-order valence-electron chi connectivity index (χ1n) is 6.45. The first-order valence-corrected chi connectivity index (χ1v) is 8.27. The molecule has 4 nitrogen and oxygen atoms in total. The maximum Gasteiger partial charge on any atom is 0.151 e. The number of ether oxygens (including phenoxy) is 1. The summed E-state index contributed by atoms with van der Waals surface area (Å²) < 4.78 is 28.4. The van der Waals surface area contributed by atoms with Crippen LogP contribution in [0.15, 0.2) is 18.2 Å². The van der Waals surface area contributed by atoms with Gasteiger partial charge in [0.2, 0.25) is 0 Å². The summed E-state index contributed by atoms with van der Waals surface area (Å²) in [6.45, 7) is 2.76. The molecule has 5 heteroatoms. The highest BCUT2D eigenvalue weighted by Crippen LogP contribution is 2.24. The second kappa shape index (κ2) is 5.51. The average molecular weight is 283 g/mol. The van der Waals surface area contributed by atoms with E-state index in [9.17, 15) is 8.42 Å². The van der Waals surface area contributed by atoms with Crippen molar-refractivity contribution in [2.75, 3.05) is 25.7 Å². The second-order valence-corrected chi connectivity index (χ2v) is 7.52. The van der Waals surface area contributed by atoms with Crippen LogP contribution in [0.2, 0.25) is 0 Å². The summed E-state index contributed by atoms with van der Waals surface area (Å²) in [5.74, 6) is 1.45. The molecule has 19 heavy (non-hydrogen) atoms. The van der Waals surface area contributed by atoms with Crippen LogP contribution >= 0.6 is 0 Å². The summed E-state index contributed by atoms with van der Waals surface area (Å²) in [6.07, 6.45) is 0.729. The van der Waals surface area contributed by atoms with E-state index in [-0.39, 0.29) is 11.8 Å². The van der Waals surface area contributed by atoms with Crippen molar-refractivity contribution < 1.29 is 13.2 Å². The third-order valence-corrected chi connectivity index (χ3v) is 5.44. The van der Waals surface area contributed by atoms with Crippen LogP contribution in [-0.2, 0) is 16.4 Å². The Hall–Kier alpha value is -1.07. The van der Waals surface area contributed by atoms with Gasteiger partial charge in [0.15, 0.2) is 9.84 Å². The molecule has 0 bridgehead atoms. The molecule has 1 aromatic rings. The zero-order chi connectivity index (χ0) is 14.0. The van der Waals surface area contributed by atoms with Gasteiger partial charge in [-0.25, -0.2) is 8.42 Å². The number of hydrogen-bond acceptors (Lipinski definition) is 4. The predicted molar refractivity (Wildman–Crippen MR) is 76.3 cm³/mol. The van der Waals surface area contributed by atoms with Crippen LogP contribution in [0.3, 0.4) is 0 Å². The molecule has 0 N–H and O–H groups in total. The normalized spacial score (nSPS) is 21.8. The van der Waals surface area contributed by atoms with Crippen LogP contribution < -0.4 is 4.74 Å². The summed E-state index contributed by atoms with van der Waals surface area (Å²) in [6, 6.07) is 6.20. The molecule has 1 aliphatic heterocycles. The average Bonchev–Trinajstić information content (AvgIpc) is 2.70. The van der Waals surface area contributed by atoms with E-state index in [1.54, 1.807) is 7.11 Å². The molecule has 0 aromatic heterocycles. The fourth-order valence-electron chi connectivity index (χ4n) is 2.55. The van der Waals surface area contributed by atoms with Gasteiger partial charge in [-0.05, 0) is 26.5 Å². The number of benzene rings is 1. The van der Waals surface area contributed by atoms with E-state index in [2.05, 4.69) is 11.0 Å². The molecular formula is C14H21NO3S. The SMILES string of the molecule is COc1ccc(C)cc1CN(C)[C@H]1CCS(=O)(=O)C1. The van der Waals surface area contributed by atoms with Gasteiger partial charge < -0.3 is 4.74 Å². The lowest BCUT2D eigenvalue weighted by molar-refractivity contribution is 0.250. The lowest BCUT2D eigenvalue weighted by Gasteiger charge is -2.24. The molecule has 2 rings (SSSR count). The number of nitrogens with zero attached hydrogens (tertiary/aromatic N) is 1. The van der Waals surface area contributed by atoms with Gasteiger partial charge in [-0.2, -0.15) is 0 Å². The Morgan fingerprint density at radius 2 is 2.16 bits per heavy atom. The summed E-state index contributed by atoms with van der Waals surface area (Å²) in [5.41, 5.74) is 2.29. The van der Waals surface area contributed by atoms with Crippen molar-refractivity contribution in [2.24, 2.45) is 0 Å². The van der Waals surface area contributed by atoms with Gasteiger partial charge in [0, 0.05) is 18.2 Å². The predicted octanol–water partition coefficient (Wildman–Crippen LogP) is 1.62. The van der Waals surface area contributed by atoms with Gasteiger partial charge in [-0.3, -0.25) is 4.90 Å². The highest BCUT2D eigenvalue weighted by molar-refractivity contribution is 7.91. The van der Waals surface area contributed by atoms with Gasteiger partial charge in [-0.15, -0.1) is 0 Å². The Bertz CT molecular complexity index is 554. The van der Waals surface area contributed by atoms with Crippen LogP contribution in [0.25, 0.3) is 0 Å². The minimum atomic E-state index is -2.83. The Balaban J connectivity index is 2.11. The summed E-state index contributed by atoms with van der Waals surface area (Å²) >= 11 is 0. The molecule has 1 fully saturated rings. The number of aryl methyl sites for hydroxylation is 1. The van der Waals surface area contributed by atoms with E-state index in [1.807, 2.05) is 26.1 Å². The van der Waals surface area contributed by atoms with Crippen molar-refractivity contribution in [3.8, 4) is 5.75 Å². The Kier molecular flexibility index (Phi) is 4.16. The Labute approximate surface area is 115 Å². The van der Waals surface area contributed by atoms with Crippen molar-refractivity contribution in [1.82, 2.24) is 4.90 Å². The number of hydrogen-bond donors (Lipinski definition) is 0. The molecule has 0 amide bonds. The van der Waals surface area contributed by atoms with Crippen LogP contribution in [0.4, 0.5) is 0 Å². The monoisotopic (exact) mass is 283 g/mol. The summed E-state index contributed by atoms with van der Waals surface area (Å²) in [4.78, 5) is 2.11. The molecule has 0 saturated carbocycles. The maximum atomic E-state index is 11.5. The molecule has 106 valence electrons. The molecule has 1 heterocycles.